The predicted molar refractivity (Wildman–Crippen MR) is 103 cm³/mol. The SMILES string of the molecule is COc1ccc(OCC(=O)N2CCN(Cc3cccs3)CC2)c(C(N)=O)c1. The Morgan fingerprint density at radius 1 is 1.19 bits per heavy atom. The normalized spacial score (nSPS) is 14.8. The molecule has 0 saturated carbocycles. The molecule has 0 bridgehead atoms. The third-order valence-corrected chi connectivity index (χ3v) is 5.35. The van der Waals surface area contributed by atoms with Crippen LogP contribution in [0.3, 0.4) is 0 Å². The topological polar surface area (TPSA) is 85.1 Å². The molecule has 0 atom stereocenters. The summed E-state index contributed by atoms with van der Waals surface area (Å²) in [5, 5.41) is 2.08. The summed E-state index contributed by atoms with van der Waals surface area (Å²) in [6, 6.07) is 8.93. The first kappa shape index (κ1) is 19.2. The molecule has 7 nitrogen and oxygen atoms in total. The van der Waals surface area contributed by atoms with Crippen LogP contribution >= 0.6 is 11.3 Å². The fraction of sp³-hybridized carbons (Fsp3) is 0.368. The molecule has 0 unspecified atom stereocenters. The summed E-state index contributed by atoms with van der Waals surface area (Å²) in [6.07, 6.45) is 0. The van der Waals surface area contributed by atoms with E-state index in [1.54, 1.807) is 28.4 Å². The molecule has 1 aromatic heterocycles. The maximum atomic E-state index is 12.4. The van der Waals surface area contributed by atoms with Gasteiger partial charge in [-0.3, -0.25) is 14.5 Å². The molecule has 1 aliphatic rings. The van der Waals surface area contributed by atoms with E-state index in [1.165, 1.54) is 18.1 Å². The van der Waals surface area contributed by atoms with Crippen LogP contribution in [0.2, 0.25) is 0 Å². The summed E-state index contributed by atoms with van der Waals surface area (Å²) in [6.45, 7) is 3.79. The van der Waals surface area contributed by atoms with E-state index in [4.69, 9.17) is 15.2 Å². The third-order valence-electron chi connectivity index (χ3n) is 4.49. The number of hydrogen-bond acceptors (Lipinski definition) is 6. The molecule has 0 spiro atoms. The number of primary amides is 1. The third kappa shape index (κ3) is 4.99. The molecule has 2 aromatic rings. The van der Waals surface area contributed by atoms with Gasteiger partial charge in [-0.1, -0.05) is 6.07 Å². The van der Waals surface area contributed by atoms with Gasteiger partial charge in [0.15, 0.2) is 6.61 Å². The molecule has 3 rings (SSSR count). The van der Waals surface area contributed by atoms with E-state index < -0.39 is 5.91 Å². The van der Waals surface area contributed by atoms with Crippen LogP contribution in [-0.4, -0.2) is 61.5 Å². The molecule has 1 fully saturated rings. The minimum absolute atomic E-state index is 0.1000. The number of hydrogen-bond donors (Lipinski definition) is 1. The number of piperazine rings is 1. The van der Waals surface area contributed by atoms with Gasteiger partial charge in [0.1, 0.15) is 11.5 Å². The average Bonchev–Trinajstić information content (AvgIpc) is 3.19. The fourth-order valence-corrected chi connectivity index (χ4v) is 3.71. The Morgan fingerprint density at radius 3 is 2.59 bits per heavy atom. The molecule has 0 aliphatic carbocycles. The molecule has 144 valence electrons. The van der Waals surface area contributed by atoms with E-state index in [0.717, 1.165) is 19.6 Å². The molecule has 2 amide bonds. The number of benzene rings is 1. The van der Waals surface area contributed by atoms with Gasteiger partial charge in [-0.2, -0.15) is 0 Å². The van der Waals surface area contributed by atoms with E-state index in [0.29, 0.717) is 18.8 Å². The van der Waals surface area contributed by atoms with Crippen molar-refractivity contribution in [1.82, 2.24) is 9.80 Å². The second-order valence-electron chi connectivity index (χ2n) is 6.25. The quantitative estimate of drug-likeness (QED) is 0.777. The summed E-state index contributed by atoms with van der Waals surface area (Å²) >= 11 is 1.75. The van der Waals surface area contributed by atoms with Crippen molar-refractivity contribution in [3.8, 4) is 11.5 Å². The van der Waals surface area contributed by atoms with Crippen molar-refractivity contribution >= 4 is 23.2 Å². The molecule has 2 heterocycles. The lowest BCUT2D eigenvalue weighted by molar-refractivity contribution is -0.135. The smallest absolute Gasteiger partial charge is 0.260 e. The highest BCUT2D eigenvalue weighted by atomic mass is 32.1. The standard InChI is InChI=1S/C19H23N3O4S/c1-25-14-4-5-17(16(11-14)19(20)24)26-13-18(23)22-8-6-21(7-9-22)12-15-3-2-10-27-15/h2-5,10-11H,6-9,12-13H2,1H3,(H2,20,24). The first-order valence-corrected chi connectivity index (χ1v) is 9.58. The minimum Gasteiger partial charge on any atom is -0.497 e. The molecular formula is C19H23N3O4S. The van der Waals surface area contributed by atoms with Crippen LogP contribution in [0, 0.1) is 0 Å². The Hall–Kier alpha value is -2.58. The van der Waals surface area contributed by atoms with Gasteiger partial charge in [0.05, 0.1) is 12.7 Å². The second kappa shape index (κ2) is 8.88. The first-order valence-electron chi connectivity index (χ1n) is 8.70. The average molecular weight is 389 g/mol. The van der Waals surface area contributed by atoms with Crippen LogP contribution in [0.5, 0.6) is 11.5 Å². The molecule has 27 heavy (non-hydrogen) atoms. The van der Waals surface area contributed by atoms with Gasteiger partial charge >= 0.3 is 0 Å². The van der Waals surface area contributed by atoms with E-state index >= 15 is 0 Å². The highest BCUT2D eigenvalue weighted by Crippen LogP contribution is 2.24. The molecule has 1 saturated heterocycles. The monoisotopic (exact) mass is 389 g/mol. The highest BCUT2D eigenvalue weighted by Gasteiger charge is 2.22. The zero-order chi connectivity index (χ0) is 19.2. The van der Waals surface area contributed by atoms with Crippen molar-refractivity contribution in [2.75, 3.05) is 39.9 Å². The maximum absolute atomic E-state index is 12.4. The molecule has 1 aliphatic heterocycles. The summed E-state index contributed by atoms with van der Waals surface area (Å²) < 4.78 is 10.7. The van der Waals surface area contributed by atoms with Gasteiger partial charge in [0, 0.05) is 37.6 Å². The van der Waals surface area contributed by atoms with E-state index in [-0.39, 0.29) is 23.8 Å². The van der Waals surface area contributed by atoms with Gasteiger partial charge in [-0.15, -0.1) is 11.3 Å². The Kier molecular flexibility index (Phi) is 6.31. The van der Waals surface area contributed by atoms with E-state index in [2.05, 4.69) is 22.4 Å². The Bertz CT molecular complexity index is 786. The van der Waals surface area contributed by atoms with Crippen molar-refractivity contribution in [3.63, 3.8) is 0 Å². The number of rotatable bonds is 7. The Balaban J connectivity index is 1.51. The predicted octanol–water partition coefficient (Wildman–Crippen LogP) is 1.58. The Morgan fingerprint density at radius 2 is 1.96 bits per heavy atom. The molecule has 2 N–H and O–H groups in total. The first-order chi connectivity index (χ1) is 13.1. The van der Waals surface area contributed by atoms with Gasteiger partial charge in [0.25, 0.3) is 11.8 Å². The van der Waals surface area contributed by atoms with Gasteiger partial charge in [-0.05, 0) is 29.6 Å². The van der Waals surface area contributed by atoms with Crippen LogP contribution in [0.25, 0.3) is 0 Å². The van der Waals surface area contributed by atoms with E-state index in [1.807, 2.05) is 0 Å². The summed E-state index contributed by atoms with van der Waals surface area (Å²) in [5.74, 6) is 0.0628. The fourth-order valence-electron chi connectivity index (χ4n) is 2.96. The lowest BCUT2D eigenvalue weighted by Crippen LogP contribution is -2.49. The van der Waals surface area contributed by atoms with Crippen molar-refractivity contribution in [3.05, 3.63) is 46.2 Å². The summed E-state index contributed by atoms with van der Waals surface area (Å²) in [5.41, 5.74) is 5.58. The zero-order valence-corrected chi connectivity index (χ0v) is 16.0. The van der Waals surface area contributed by atoms with Gasteiger partial charge in [-0.25, -0.2) is 0 Å². The Labute approximate surface area is 162 Å². The van der Waals surface area contributed by atoms with Crippen LogP contribution in [0.1, 0.15) is 15.2 Å². The number of carbonyl (C=O) groups is 2. The number of carbonyl (C=O) groups excluding carboxylic acids is 2. The molecule has 1 aromatic carbocycles. The number of nitrogens with zero attached hydrogens (tertiary/aromatic N) is 2. The number of nitrogens with two attached hydrogens (primary N) is 1. The maximum Gasteiger partial charge on any atom is 0.260 e. The van der Waals surface area contributed by atoms with E-state index in [9.17, 15) is 9.59 Å². The van der Waals surface area contributed by atoms with Crippen molar-refractivity contribution in [2.24, 2.45) is 5.73 Å². The molecule has 0 radical (unpaired) electrons. The van der Waals surface area contributed by atoms with Gasteiger partial charge in [0.2, 0.25) is 0 Å². The van der Waals surface area contributed by atoms with Crippen molar-refractivity contribution in [2.45, 2.75) is 6.54 Å². The minimum atomic E-state index is -0.626. The molecular weight excluding hydrogens is 366 g/mol. The molecule has 8 heteroatoms. The number of thiophene rings is 1. The van der Waals surface area contributed by atoms with Gasteiger partial charge < -0.3 is 20.1 Å². The number of amides is 2. The zero-order valence-electron chi connectivity index (χ0n) is 15.2. The number of ether oxygens (including phenoxy) is 2. The van der Waals surface area contributed by atoms with Crippen molar-refractivity contribution in [1.29, 1.82) is 0 Å². The number of methoxy groups -OCH3 is 1. The lowest BCUT2D eigenvalue weighted by Gasteiger charge is -2.34. The summed E-state index contributed by atoms with van der Waals surface area (Å²) in [7, 11) is 1.50. The van der Waals surface area contributed by atoms with Crippen LogP contribution < -0.4 is 15.2 Å². The summed E-state index contributed by atoms with van der Waals surface area (Å²) in [4.78, 5) is 29.5. The lowest BCUT2D eigenvalue weighted by atomic mass is 10.2. The largest absolute Gasteiger partial charge is 0.497 e. The van der Waals surface area contributed by atoms with Crippen LogP contribution in [-0.2, 0) is 11.3 Å². The van der Waals surface area contributed by atoms with Crippen LogP contribution in [0.4, 0.5) is 0 Å². The van der Waals surface area contributed by atoms with Crippen molar-refractivity contribution < 1.29 is 19.1 Å². The second-order valence-corrected chi connectivity index (χ2v) is 7.28. The highest BCUT2D eigenvalue weighted by molar-refractivity contribution is 7.09. The van der Waals surface area contributed by atoms with Crippen LogP contribution in [0.15, 0.2) is 35.7 Å².